The number of primary amides is 1. The zero-order chi connectivity index (χ0) is 20.3. The Labute approximate surface area is 165 Å². The minimum atomic E-state index is -0.470. The number of rotatable bonds is 8. The molecular weight excluding hydrogens is 357 g/mol. The van der Waals surface area contributed by atoms with Crippen LogP contribution >= 0.6 is 0 Å². The van der Waals surface area contributed by atoms with Crippen LogP contribution < -0.4 is 5.73 Å². The van der Waals surface area contributed by atoms with E-state index in [4.69, 9.17) is 5.73 Å². The fourth-order valence-electron chi connectivity index (χ4n) is 4.19. The van der Waals surface area contributed by atoms with Gasteiger partial charge in [0.1, 0.15) is 5.82 Å². The van der Waals surface area contributed by atoms with Gasteiger partial charge in [0.25, 0.3) is 5.91 Å². The topological polar surface area (TPSA) is 68.3 Å². The van der Waals surface area contributed by atoms with Gasteiger partial charge in [-0.25, -0.2) is 4.39 Å². The van der Waals surface area contributed by atoms with E-state index in [2.05, 4.69) is 11.5 Å². The molecule has 2 amide bonds. The third-order valence-corrected chi connectivity index (χ3v) is 5.48. The van der Waals surface area contributed by atoms with Crippen molar-refractivity contribution in [1.29, 1.82) is 0 Å². The number of amides is 2. The number of carbonyl (C=O) groups is 2. The molecular formula is C22H28FN3O2. The third-order valence-electron chi connectivity index (χ3n) is 5.48. The van der Waals surface area contributed by atoms with Crippen LogP contribution in [0.2, 0.25) is 0 Å². The highest BCUT2D eigenvalue weighted by Gasteiger charge is 2.25. The molecule has 1 aliphatic heterocycles. The second kappa shape index (κ2) is 8.59. The Balaban J connectivity index is 1.96. The lowest BCUT2D eigenvalue weighted by atomic mass is 9.98. The van der Waals surface area contributed by atoms with Crippen LogP contribution in [0.15, 0.2) is 24.3 Å². The quantitative estimate of drug-likeness (QED) is 0.753. The molecule has 5 nitrogen and oxygen atoms in total. The lowest BCUT2D eigenvalue weighted by Crippen LogP contribution is -2.26. The fourth-order valence-corrected chi connectivity index (χ4v) is 4.19. The molecule has 150 valence electrons. The minimum absolute atomic E-state index is 0.225. The van der Waals surface area contributed by atoms with Crippen LogP contribution in [0, 0.1) is 12.7 Å². The highest BCUT2D eigenvalue weighted by molar-refractivity contribution is 6.02. The first-order valence-corrected chi connectivity index (χ1v) is 9.99. The van der Waals surface area contributed by atoms with Crippen molar-refractivity contribution in [2.45, 2.75) is 52.5 Å². The van der Waals surface area contributed by atoms with E-state index in [0.717, 1.165) is 61.3 Å². The van der Waals surface area contributed by atoms with Gasteiger partial charge in [-0.3, -0.25) is 9.59 Å². The number of hydrogen-bond acceptors (Lipinski definition) is 2. The summed E-state index contributed by atoms with van der Waals surface area (Å²) >= 11 is 0. The van der Waals surface area contributed by atoms with Gasteiger partial charge in [-0.1, -0.05) is 25.5 Å². The minimum Gasteiger partial charge on any atom is -0.366 e. The molecule has 0 aliphatic carbocycles. The summed E-state index contributed by atoms with van der Waals surface area (Å²) in [4.78, 5) is 26.0. The van der Waals surface area contributed by atoms with Gasteiger partial charge in [-0.2, -0.15) is 0 Å². The lowest BCUT2D eigenvalue weighted by Gasteiger charge is -2.17. The highest BCUT2D eigenvalue weighted by Crippen LogP contribution is 2.34. The number of halogens is 1. The van der Waals surface area contributed by atoms with Crippen LogP contribution in [0.4, 0.5) is 4.39 Å². The Bertz CT molecular complexity index is 871. The molecule has 0 bridgehead atoms. The molecule has 2 heterocycles. The Morgan fingerprint density at radius 3 is 2.50 bits per heavy atom. The SMILES string of the molecule is CCCc1c(-c2ccc(F)cc2)c(C(N)=O)c(C)n1CCCN1CCCC1=O. The maximum absolute atomic E-state index is 13.4. The van der Waals surface area contributed by atoms with E-state index in [9.17, 15) is 14.0 Å². The number of benzene rings is 1. The predicted octanol–water partition coefficient (Wildman–Crippen LogP) is 3.67. The van der Waals surface area contributed by atoms with Gasteiger partial charge in [0.2, 0.25) is 5.91 Å². The van der Waals surface area contributed by atoms with Crippen LogP contribution in [-0.2, 0) is 17.8 Å². The number of nitrogens with zero attached hydrogens (tertiary/aromatic N) is 2. The van der Waals surface area contributed by atoms with Crippen LogP contribution in [0.3, 0.4) is 0 Å². The Hall–Kier alpha value is -2.63. The van der Waals surface area contributed by atoms with Crippen LogP contribution in [0.25, 0.3) is 11.1 Å². The van der Waals surface area contributed by atoms with Crippen molar-refractivity contribution in [2.75, 3.05) is 13.1 Å². The van der Waals surface area contributed by atoms with Gasteiger partial charge in [-0.05, 0) is 43.9 Å². The molecule has 3 rings (SSSR count). The summed E-state index contributed by atoms with van der Waals surface area (Å²) in [5.74, 6) is -0.557. The summed E-state index contributed by atoms with van der Waals surface area (Å²) in [6, 6.07) is 6.20. The van der Waals surface area contributed by atoms with Crippen LogP contribution in [-0.4, -0.2) is 34.4 Å². The fraction of sp³-hybridized carbons (Fsp3) is 0.455. The zero-order valence-electron chi connectivity index (χ0n) is 16.6. The van der Waals surface area contributed by atoms with Crippen molar-refractivity contribution in [1.82, 2.24) is 9.47 Å². The van der Waals surface area contributed by atoms with E-state index in [0.29, 0.717) is 18.5 Å². The van der Waals surface area contributed by atoms with Crippen molar-refractivity contribution < 1.29 is 14.0 Å². The molecule has 0 unspecified atom stereocenters. The maximum atomic E-state index is 13.4. The van der Waals surface area contributed by atoms with E-state index in [1.165, 1.54) is 12.1 Å². The molecule has 1 aromatic heterocycles. The van der Waals surface area contributed by atoms with Crippen molar-refractivity contribution >= 4 is 11.8 Å². The monoisotopic (exact) mass is 385 g/mol. The van der Waals surface area contributed by atoms with Gasteiger partial charge < -0.3 is 15.2 Å². The van der Waals surface area contributed by atoms with Gasteiger partial charge >= 0.3 is 0 Å². The Morgan fingerprint density at radius 2 is 1.93 bits per heavy atom. The summed E-state index contributed by atoms with van der Waals surface area (Å²) < 4.78 is 15.6. The molecule has 1 fully saturated rings. The summed E-state index contributed by atoms with van der Waals surface area (Å²) in [7, 11) is 0. The molecule has 6 heteroatoms. The number of nitrogens with two attached hydrogens (primary N) is 1. The smallest absolute Gasteiger partial charge is 0.251 e. The average molecular weight is 385 g/mol. The van der Waals surface area contributed by atoms with E-state index in [1.807, 2.05) is 11.8 Å². The summed E-state index contributed by atoms with van der Waals surface area (Å²) in [5, 5.41) is 0. The normalized spacial score (nSPS) is 14.1. The maximum Gasteiger partial charge on any atom is 0.251 e. The molecule has 1 saturated heterocycles. The largest absolute Gasteiger partial charge is 0.366 e. The second-order valence-electron chi connectivity index (χ2n) is 7.39. The molecule has 2 N–H and O–H groups in total. The van der Waals surface area contributed by atoms with Gasteiger partial charge in [0.05, 0.1) is 5.56 Å². The van der Waals surface area contributed by atoms with Gasteiger partial charge in [0.15, 0.2) is 0 Å². The molecule has 2 aromatic rings. The van der Waals surface area contributed by atoms with E-state index >= 15 is 0 Å². The predicted molar refractivity (Wildman–Crippen MR) is 108 cm³/mol. The van der Waals surface area contributed by atoms with Gasteiger partial charge in [0, 0.05) is 43.0 Å². The average Bonchev–Trinajstić information content (AvgIpc) is 3.18. The van der Waals surface area contributed by atoms with Crippen LogP contribution in [0.5, 0.6) is 0 Å². The van der Waals surface area contributed by atoms with Crippen molar-refractivity contribution in [3.8, 4) is 11.1 Å². The number of aromatic nitrogens is 1. The first kappa shape index (κ1) is 20.1. The first-order valence-electron chi connectivity index (χ1n) is 9.99. The lowest BCUT2D eigenvalue weighted by molar-refractivity contribution is -0.127. The van der Waals surface area contributed by atoms with Crippen LogP contribution in [0.1, 0.15) is 54.4 Å². The number of likely N-dealkylation sites (tertiary alicyclic amines) is 1. The molecule has 1 aliphatic rings. The van der Waals surface area contributed by atoms with Gasteiger partial charge in [-0.15, -0.1) is 0 Å². The van der Waals surface area contributed by atoms with E-state index < -0.39 is 5.91 Å². The summed E-state index contributed by atoms with van der Waals surface area (Å²) in [6.07, 6.45) is 4.11. The molecule has 0 spiro atoms. The standard InChI is InChI=1S/C22H28FN3O2/c1-3-6-18-21(16-8-10-17(23)11-9-16)20(22(24)28)15(2)26(18)14-5-13-25-12-4-7-19(25)27/h8-11H,3-7,12-14H2,1-2H3,(H2,24,28). The highest BCUT2D eigenvalue weighted by atomic mass is 19.1. The molecule has 0 atom stereocenters. The zero-order valence-corrected chi connectivity index (χ0v) is 16.6. The molecule has 28 heavy (non-hydrogen) atoms. The molecule has 1 aromatic carbocycles. The molecule has 0 saturated carbocycles. The Morgan fingerprint density at radius 1 is 1.21 bits per heavy atom. The Kier molecular flexibility index (Phi) is 6.17. The summed E-state index contributed by atoms with van der Waals surface area (Å²) in [6.45, 7) is 6.27. The second-order valence-corrected chi connectivity index (χ2v) is 7.39. The number of carbonyl (C=O) groups excluding carboxylic acids is 2. The van der Waals surface area contributed by atoms with Crippen molar-refractivity contribution in [2.24, 2.45) is 5.73 Å². The third kappa shape index (κ3) is 3.96. The first-order chi connectivity index (χ1) is 13.4. The van der Waals surface area contributed by atoms with E-state index in [-0.39, 0.29) is 11.7 Å². The van der Waals surface area contributed by atoms with Crippen molar-refractivity contribution in [3.63, 3.8) is 0 Å². The van der Waals surface area contributed by atoms with Crippen molar-refractivity contribution in [3.05, 3.63) is 47.0 Å². The number of hydrogen-bond donors (Lipinski definition) is 1. The molecule has 0 radical (unpaired) electrons. The summed E-state index contributed by atoms with van der Waals surface area (Å²) in [5.41, 5.74) is 9.73. The van der Waals surface area contributed by atoms with E-state index in [1.54, 1.807) is 12.1 Å².